The first kappa shape index (κ1) is 18.5. The van der Waals surface area contributed by atoms with Gasteiger partial charge in [0.15, 0.2) is 0 Å². The van der Waals surface area contributed by atoms with E-state index in [1.807, 2.05) is 4.90 Å². The predicted molar refractivity (Wildman–Crippen MR) is 94.9 cm³/mol. The lowest BCUT2D eigenvalue weighted by Gasteiger charge is -2.31. The fourth-order valence-electron chi connectivity index (χ4n) is 3.41. The van der Waals surface area contributed by atoms with Crippen molar-refractivity contribution < 1.29 is 9.72 Å². The van der Waals surface area contributed by atoms with Crippen LogP contribution >= 0.6 is 12.4 Å². The number of halogens is 1. The van der Waals surface area contributed by atoms with Gasteiger partial charge in [0.25, 0.3) is 11.6 Å². The normalized spacial score (nSPS) is 20.6. The summed E-state index contributed by atoms with van der Waals surface area (Å²) < 4.78 is 0. The van der Waals surface area contributed by atoms with E-state index in [9.17, 15) is 14.9 Å². The maximum Gasteiger partial charge on any atom is 0.293 e. The van der Waals surface area contributed by atoms with Crippen LogP contribution in [0.1, 0.15) is 36.0 Å². The molecule has 24 heavy (non-hydrogen) atoms. The first-order valence-corrected chi connectivity index (χ1v) is 8.14. The molecule has 2 fully saturated rings. The molecule has 7 nitrogen and oxygen atoms in total. The summed E-state index contributed by atoms with van der Waals surface area (Å²) in [5.41, 5.74) is 6.91. The highest BCUT2D eigenvalue weighted by Crippen LogP contribution is 2.32. The van der Waals surface area contributed by atoms with E-state index in [4.69, 9.17) is 5.73 Å². The molecule has 0 bridgehead atoms. The standard InChI is InChI=1S/C16H22N4O3.ClH/c17-13-4-3-9-19(11-13)16(21)12-5-6-14(15(10-12)20(22)23)18-7-1-2-8-18;/h5-6,10,13H,1-4,7-9,11,17H2;1H. The van der Waals surface area contributed by atoms with Crippen molar-refractivity contribution >= 4 is 29.7 Å². The monoisotopic (exact) mass is 354 g/mol. The van der Waals surface area contributed by atoms with Crippen molar-refractivity contribution in [2.24, 2.45) is 5.73 Å². The molecular weight excluding hydrogens is 332 g/mol. The van der Waals surface area contributed by atoms with Crippen molar-refractivity contribution in [2.45, 2.75) is 31.7 Å². The molecule has 2 heterocycles. The van der Waals surface area contributed by atoms with Gasteiger partial charge >= 0.3 is 0 Å². The maximum absolute atomic E-state index is 12.6. The van der Waals surface area contributed by atoms with E-state index >= 15 is 0 Å². The molecule has 8 heteroatoms. The minimum absolute atomic E-state index is 0. The maximum atomic E-state index is 12.6. The molecule has 0 spiro atoms. The molecule has 1 aromatic carbocycles. The molecule has 0 aliphatic carbocycles. The third-order valence-electron chi connectivity index (χ3n) is 4.61. The number of nitro benzene ring substituents is 1. The molecule has 3 rings (SSSR count). The Bertz CT molecular complexity index is 619. The Morgan fingerprint density at radius 3 is 2.54 bits per heavy atom. The largest absolute Gasteiger partial charge is 0.366 e. The lowest BCUT2D eigenvalue weighted by Crippen LogP contribution is -2.45. The fraction of sp³-hybridized carbons (Fsp3) is 0.562. The molecule has 2 N–H and O–H groups in total. The van der Waals surface area contributed by atoms with Gasteiger partial charge in [0, 0.05) is 43.9 Å². The lowest BCUT2D eigenvalue weighted by atomic mass is 10.0. The summed E-state index contributed by atoms with van der Waals surface area (Å²) >= 11 is 0. The number of anilines is 1. The second-order valence-electron chi connectivity index (χ2n) is 6.31. The van der Waals surface area contributed by atoms with Crippen LogP contribution in [0.4, 0.5) is 11.4 Å². The summed E-state index contributed by atoms with van der Waals surface area (Å²) in [6.07, 6.45) is 3.88. The van der Waals surface area contributed by atoms with Crippen LogP contribution in [0.5, 0.6) is 0 Å². The van der Waals surface area contributed by atoms with E-state index in [1.165, 1.54) is 6.07 Å². The molecule has 1 aromatic rings. The summed E-state index contributed by atoms with van der Waals surface area (Å²) in [5, 5.41) is 11.4. The fourth-order valence-corrected chi connectivity index (χ4v) is 3.41. The van der Waals surface area contributed by atoms with Gasteiger partial charge in [-0.25, -0.2) is 0 Å². The average molecular weight is 355 g/mol. The summed E-state index contributed by atoms with van der Waals surface area (Å²) in [6, 6.07) is 4.81. The number of hydrogen-bond donors (Lipinski definition) is 1. The number of carbonyl (C=O) groups excluding carboxylic acids is 1. The second kappa shape index (κ2) is 7.81. The zero-order chi connectivity index (χ0) is 16.4. The first-order chi connectivity index (χ1) is 11.1. The van der Waals surface area contributed by atoms with Gasteiger partial charge in [0.05, 0.1) is 4.92 Å². The summed E-state index contributed by atoms with van der Waals surface area (Å²) in [7, 11) is 0. The van der Waals surface area contributed by atoms with Gasteiger partial charge in [-0.15, -0.1) is 12.4 Å². The van der Waals surface area contributed by atoms with Crippen molar-refractivity contribution in [1.82, 2.24) is 4.90 Å². The van der Waals surface area contributed by atoms with E-state index in [0.29, 0.717) is 24.3 Å². The summed E-state index contributed by atoms with van der Waals surface area (Å²) in [6.45, 7) is 2.83. The Labute approximate surface area is 147 Å². The average Bonchev–Trinajstić information content (AvgIpc) is 3.08. The van der Waals surface area contributed by atoms with E-state index in [-0.39, 0.29) is 30.0 Å². The van der Waals surface area contributed by atoms with Gasteiger partial charge < -0.3 is 15.5 Å². The summed E-state index contributed by atoms with van der Waals surface area (Å²) in [5.74, 6) is -0.170. The van der Waals surface area contributed by atoms with Crippen LogP contribution < -0.4 is 10.6 Å². The van der Waals surface area contributed by atoms with Gasteiger partial charge in [0.2, 0.25) is 0 Å². The highest BCUT2D eigenvalue weighted by Gasteiger charge is 2.27. The molecule has 1 unspecified atom stereocenters. The number of piperidine rings is 1. The molecule has 0 aromatic heterocycles. The number of likely N-dealkylation sites (tertiary alicyclic amines) is 1. The van der Waals surface area contributed by atoms with Crippen LogP contribution in [-0.4, -0.2) is 48.0 Å². The predicted octanol–water partition coefficient (Wildman–Crippen LogP) is 2.18. The minimum atomic E-state index is -0.396. The Morgan fingerprint density at radius 1 is 1.21 bits per heavy atom. The highest BCUT2D eigenvalue weighted by atomic mass is 35.5. The second-order valence-corrected chi connectivity index (χ2v) is 6.31. The van der Waals surface area contributed by atoms with Gasteiger partial charge in [-0.1, -0.05) is 0 Å². The van der Waals surface area contributed by atoms with Crippen LogP contribution in [0.3, 0.4) is 0 Å². The Kier molecular flexibility index (Phi) is 6.01. The minimum Gasteiger partial charge on any atom is -0.366 e. The van der Waals surface area contributed by atoms with Gasteiger partial charge in [-0.05, 0) is 37.8 Å². The van der Waals surface area contributed by atoms with Crippen molar-refractivity contribution in [1.29, 1.82) is 0 Å². The van der Waals surface area contributed by atoms with Crippen LogP contribution in [0, 0.1) is 10.1 Å². The van der Waals surface area contributed by atoms with E-state index < -0.39 is 4.92 Å². The van der Waals surface area contributed by atoms with Crippen molar-refractivity contribution in [2.75, 3.05) is 31.1 Å². The zero-order valence-corrected chi connectivity index (χ0v) is 14.3. The number of nitrogens with zero attached hydrogens (tertiary/aromatic N) is 3. The van der Waals surface area contributed by atoms with E-state index in [2.05, 4.69) is 0 Å². The highest BCUT2D eigenvalue weighted by molar-refractivity contribution is 5.96. The molecular formula is C16H23ClN4O3. The van der Waals surface area contributed by atoms with Crippen LogP contribution in [0.25, 0.3) is 0 Å². The van der Waals surface area contributed by atoms with Gasteiger partial charge in [-0.3, -0.25) is 14.9 Å². The molecule has 2 aliphatic rings. The Morgan fingerprint density at radius 2 is 1.92 bits per heavy atom. The molecule has 1 atom stereocenters. The Balaban J connectivity index is 0.00000208. The molecule has 1 amide bonds. The molecule has 132 valence electrons. The number of amides is 1. The first-order valence-electron chi connectivity index (χ1n) is 8.14. The Hall–Kier alpha value is -1.86. The lowest BCUT2D eigenvalue weighted by molar-refractivity contribution is -0.384. The molecule has 0 radical (unpaired) electrons. The quantitative estimate of drug-likeness (QED) is 0.663. The number of rotatable bonds is 3. The number of benzene rings is 1. The molecule has 2 saturated heterocycles. The zero-order valence-electron chi connectivity index (χ0n) is 13.5. The number of nitrogens with two attached hydrogens (primary N) is 1. The number of hydrogen-bond acceptors (Lipinski definition) is 5. The van der Waals surface area contributed by atoms with Crippen molar-refractivity contribution in [3.05, 3.63) is 33.9 Å². The topological polar surface area (TPSA) is 92.7 Å². The van der Waals surface area contributed by atoms with Crippen molar-refractivity contribution in [3.63, 3.8) is 0 Å². The van der Waals surface area contributed by atoms with Crippen LogP contribution in [-0.2, 0) is 0 Å². The third kappa shape index (κ3) is 3.79. The molecule has 2 aliphatic heterocycles. The number of nitro groups is 1. The van der Waals surface area contributed by atoms with E-state index in [1.54, 1.807) is 17.0 Å². The van der Waals surface area contributed by atoms with Gasteiger partial charge in [-0.2, -0.15) is 0 Å². The summed E-state index contributed by atoms with van der Waals surface area (Å²) in [4.78, 5) is 27.3. The van der Waals surface area contributed by atoms with E-state index in [0.717, 1.165) is 38.8 Å². The van der Waals surface area contributed by atoms with Gasteiger partial charge in [0.1, 0.15) is 5.69 Å². The van der Waals surface area contributed by atoms with Crippen molar-refractivity contribution in [3.8, 4) is 0 Å². The SMILES string of the molecule is Cl.NC1CCCN(C(=O)c2ccc(N3CCCC3)c([N+](=O)[O-])c2)C1. The third-order valence-corrected chi connectivity index (χ3v) is 4.61. The number of carbonyl (C=O) groups is 1. The van der Waals surface area contributed by atoms with Crippen LogP contribution in [0.15, 0.2) is 18.2 Å². The molecule has 0 saturated carbocycles. The van der Waals surface area contributed by atoms with Crippen LogP contribution in [0.2, 0.25) is 0 Å². The smallest absolute Gasteiger partial charge is 0.293 e.